The largest absolute Gasteiger partial charge is 0.494 e. The second-order valence-corrected chi connectivity index (χ2v) is 12.8. The van der Waals surface area contributed by atoms with E-state index in [1.807, 2.05) is 13.8 Å². The molecule has 4 aliphatic rings. The van der Waals surface area contributed by atoms with Gasteiger partial charge >= 0.3 is 13.2 Å². The third kappa shape index (κ3) is 4.84. The lowest BCUT2D eigenvalue weighted by Crippen LogP contribution is -2.56. The second kappa shape index (κ2) is 8.99. The average molecular weight is 511 g/mol. The van der Waals surface area contributed by atoms with Crippen LogP contribution >= 0.6 is 0 Å². The fraction of sp³-hybridized carbons (Fsp3) is 0.667. The maximum atomic E-state index is 15.0. The van der Waals surface area contributed by atoms with Crippen LogP contribution in [0.25, 0.3) is 0 Å². The zero-order valence-electron chi connectivity index (χ0n) is 22.2. The van der Waals surface area contributed by atoms with E-state index in [-0.39, 0.29) is 35.1 Å². The van der Waals surface area contributed by atoms with Gasteiger partial charge in [0.2, 0.25) is 5.91 Å². The quantitative estimate of drug-likeness (QED) is 0.611. The third-order valence-electron chi connectivity index (χ3n) is 8.11. The summed E-state index contributed by atoms with van der Waals surface area (Å²) in [6.45, 7) is 10.5. The van der Waals surface area contributed by atoms with Crippen LogP contribution in [0.15, 0.2) is 18.2 Å². The fourth-order valence-corrected chi connectivity index (χ4v) is 6.13. The van der Waals surface area contributed by atoms with Gasteiger partial charge in [-0.05, 0) is 68.5 Å². The number of nitriles is 1. The molecule has 1 aromatic rings. The van der Waals surface area contributed by atoms with Crippen molar-refractivity contribution in [2.75, 3.05) is 13.2 Å². The predicted molar refractivity (Wildman–Crippen MR) is 134 cm³/mol. The highest BCUT2D eigenvalue weighted by atomic mass is 19.1. The van der Waals surface area contributed by atoms with Crippen molar-refractivity contribution in [1.82, 2.24) is 10.2 Å². The lowest BCUT2D eigenvalue weighted by molar-refractivity contribution is -0.127. The summed E-state index contributed by atoms with van der Waals surface area (Å²) in [5.74, 6) is -0.786. The molecule has 2 saturated carbocycles. The van der Waals surface area contributed by atoms with Crippen LogP contribution in [0.4, 0.5) is 9.18 Å². The number of carbonyl (C=O) groups is 2. The number of rotatable bonds is 5. The Hall–Kier alpha value is -2.64. The first-order valence-electron chi connectivity index (χ1n) is 13.1. The second-order valence-electron chi connectivity index (χ2n) is 12.8. The van der Waals surface area contributed by atoms with Gasteiger partial charge in [-0.15, -0.1) is 0 Å². The van der Waals surface area contributed by atoms with E-state index in [2.05, 4.69) is 11.4 Å². The molecule has 198 valence electrons. The highest BCUT2D eigenvalue weighted by Crippen LogP contribution is 2.73. The summed E-state index contributed by atoms with van der Waals surface area (Å²) in [6.07, 6.45) is 2.27. The maximum absolute atomic E-state index is 15.0. The standard InChI is InChI=1S/C27H35BFN3O5/c1-25(2,3)37-24(34)32-21-8-9-27(21)12-19(27)22(32)23(33)31-18(13-30)10-16-6-7-17(11-20(16)29)28-35-14-26(4,5)15-36-28/h6-7,11,18-19,21-22H,8-10,12,14-15H2,1-5H3,(H,31,33)/t18-,19-,21+,22-,27?/m0/s1. The number of ether oxygens (including phenoxy) is 1. The summed E-state index contributed by atoms with van der Waals surface area (Å²) in [4.78, 5) is 28.0. The van der Waals surface area contributed by atoms with Gasteiger partial charge in [0.15, 0.2) is 0 Å². The Bertz CT molecular complexity index is 1140. The van der Waals surface area contributed by atoms with E-state index in [9.17, 15) is 19.2 Å². The summed E-state index contributed by atoms with van der Waals surface area (Å²) >= 11 is 0. The Morgan fingerprint density at radius 2 is 2.03 bits per heavy atom. The van der Waals surface area contributed by atoms with Crippen molar-refractivity contribution in [3.05, 3.63) is 29.6 Å². The van der Waals surface area contributed by atoms with E-state index in [0.717, 1.165) is 19.3 Å². The van der Waals surface area contributed by atoms with E-state index in [1.54, 1.807) is 37.8 Å². The highest BCUT2D eigenvalue weighted by molar-refractivity contribution is 6.61. The van der Waals surface area contributed by atoms with Gasteiger partial charge in [0.1, 0.15) is 23.5 Å². The molecule has 1 spiro atoms. The fourth-order valence-electron chi connectivity index (χ4n) is 6.13. The number of halogens is 1. The molecule has 5 rings (SSSR count). The minimum atomic E-state index is -0.940. The Balaban J connectivity index is 1.25. The van der Waals surface area contributed by atoms with Crippen LogP contribution in [0.1, 0.15) is 59.4 Å². The molecule has 0 bridgehead atoms. The molecule has 0 radical (unpaired) electrons. The molecule has 2 heterocycles. The Kier molecular flexibility index (Phi) is 6.31. The van der Waals surface area contributed by atoms with Gasteiger partial charge in [0.05, 0.1) is 6.07 Å². The van der Waals surface area contributed by atoms with E-state index < -0.39 is 36.7 Å². The van der Waals surface area contributed by atoms with Crippen molar-refractivity contribution in [3.8, 4) is 6.07 Å². The van der Waals surface area contributed by atoms with Crippen molar-refractivity contribution < 1.29 is 28.0 Å². The first-order valence-corrected chi connectivity index (χ1v) is 13.1. The number of nitrogens with one attached hydrogen (secondary N) is 1. The highest BCUT2D eigenvalue weighted by Gasteiger charge is 2.76. The van der Waals surface area contributed by atoms with Crippen LogP contribution in [0.3, 0.4) is 0 Å². The molecule has 1 unspecified atom stereocenters. The number of hydrogen-bond donors (Lipinski definition) is 1. The molecule has 5 atom stereocenters. The normalized spacial score (nSPS) is 30.4. The molecule has 2 aliphatic carbocycles. The number of benzene rings is 1. The number of piperidine rings is 1. The SMILES string of the molecule is CC1(C)COB(c2ccc(C[C@@H](C#N)NC(=O)[C@@H]3[C@@H]4CC45CC[C@H]5N3C(=O)OC(C)(C)C)c(F)c2)OC1. The van der Waals surface area contributed by atoms with Gasteiger partial charge in [-0.25, -0.2) is 9.18 Å². The molecule has 37 heavy (non-hydrogen) atoms. The number of carbonyl (C=O) groups excluding carboxylic acids is 2. The summed E-state index contributed by atoms with van der Waals surface area (Å²) < 4.78 is 32.1. The van der Waals surface area contributed by atoms with E-state index >= 15 is 0 Å². The molecular formula is C27H35BFN3O5. The molecule has 2 aliphatic heterocycles. The van der Waals surface area contributed by atoms with Gasteiger partial charge in [-0.2, -0.15) is 5.26 Å². The molecule has 4 fully saturated rings. The number of likely N-dealkylation sites (tertiary alicyclic amines) is 1. The minimum absolute atomic E-state index is 0.00317. The predicted octanol–water partition coefficient (Wildman–Crippen LogP) is 2.93. The van der Waals surface area contributed by atoms with Gasteiger partial charge in [-0.3, -0.25) is 9.69 Å². The topological polar surface area (TPSA) is 101 Å². The average Bonchev–Trinajstić information content (AvgIpc) is 3.51. The smallest absolute Gasteiger partial charge is 0.444 e. The van der Waals surface area contributed by atoms with Crippen LogP contribution in [0.2, 0.25) is 0 Å². The van der Waals surface area contributed by atoms with Crippen molar-refractivity contribution in [3.63, 3.8) is 0 Å². The van der Waals surface area contributed by atoms with Gasteiger partial charge < -0.3 is 19.4 Å². The van der Waals surface area contributed by atoms with E-state index in [4.69, 9.17) is 14.0 Å². The Morgan fingerprint density at radius 1 is 1.32 bits per heavy atom. The Labute approximate surface area is 217 Å². The van der Waals surface area contributed by atoms with Gasteiger partial charge in [0.25, 0.3) is 0 Å². The zero-order valence-corrected chi connectivity index (χ0v) is 22.2. The van der Waals surface area contributed by atoms with E-state index in [0.29, 0.717) is 24.2 Å². The zero-order chi connectivity index (χ0) is 26.8. The summed E-state index contributed by atoms with van der Waals surface area (Å²) in [7, 11) is -0.634. The van der Waals surface area contributed by atoms with Crippen LogP contribution in [-0.4, -0.2) is 61.0 Å². The van der Waals surface area contributed by atoms with E-state index in [1.165, 1.54) is 6.07 Å². The molecule has 8 nitrogen and oxygen atoms in total. The molecular weight excluding hydrogens is 476 g/mol. The van der Waals surface area contributed by atoms with Crippen LogP contribution in [0, 0.1) is 33.9 Å². The van der Waals surface area contributed by atoms with Crippen LogP contribution in [-0.2, 0) is 25.3 Å². The van der Waals surface area contributed by atoms with Gasteiger partial charge in [-0.1, -0.05) is 26.0 Å². The van der Waals surface area contributed by atoms with Crippen molar-refractivity contribution >= 4 is 24.6 Å². The summed E-state index contributed by atoms with van der Waals surface area (Å²) in [6, 6.07) is 5.17. The van der Waals surface area contributed by atoms with Crippen molar-refractivity contribution in [2.45, 2.75) is 84.0 Å². The van der Waals surface area contributed by atoms with Crippen molar-refractivity contribution in [2.24, 2.45) is 16.7 Å². The summed E-state index contributed by atoms with van der Waals surface area (Å²) in [5, 5.41) is 12.5. The molecule has 0 aromatic heterocycles. The molecule has 2 saturated heterocycles. The monoisotopic (exact) mass is 511 g/mol. The lowest BCUT2D eigenvalue weighted by Gasteiger charge is -2.42. The molecule has 1 aromatic carbocycles. The maximum Gasteiger partial charge on any atom is 0.494 e. The molecule has 10 heteroatoms. The lowest BCUT2D eigenvalue weighted by atomic mass is 9.75. The minimum Gasteiger partial charge on any atom is -0.444 e. The third-order valence-corrected chi connectivity index (χ3v) is 8.11. The molecule has 2 amide bonds. The Morgan fingerprint density at radius 3 is 2.59 bits per heavy atom. The first-order chi connectivity index (χ1) is 17.3. The first kappa shape index (κ1) is 26.0. The number of nitrogens with zero attached hydrogens (tertiary/aromatic N) is 2. The number of hydrogen-bond acceptors (Lipinski definition) is 6. The van der Waals surface area contributed by atoms with Crippen LogP contribution in [0.5, 0.6) is 0 Å². The number of amides is 2. The van der Waals surface area contributed by atoms with Gasteiger partial charge in [0, 0.05) is 31.1 Å². The van der Waals surface area contributed by atoms with Crippen molar-refractivity contribution in [1.29, 1.82) is 5.26 Å². The molecule has 1 N–H and O–H groups in total. The summed E-state index contributed by atoms with van der Waals surface area (Å²) in [5.41, 5.74) is 0.130. The van der Waals surface area contributed by atoms with Crippen LogP contribution < -0.4 is 10.8 Å².